The van der Waals surface area contributed by atoms with Crippen LogP contribution in [-0.4, -0.2) is 5.54 Å². The molecule has 0 unspecified atom stereocenters. The average molecular weight is 287 g/mol. The Labute approximate surface area is 126 Å². The third-order valence-corrected chi connectivity index (χ3v) is 3.00. The van der Waals surface area contributed by atoms with Crippen molar-refractivity contribution >= 4 is 0 Å². The molecule has 0 fully saturated rings. The van der Waals surface area contributed by atoms with Crippen molar-refractivity contribution in [2.24, 2.45) is 0 Å². The van der Waals surface area contributed by atoms with Gasteiger partial charge in [0, 0.05) is 18.2 Å². The van der Waals surface area contributed by atoms with Crippen LogP contribution in [0.3, 0.4) is 0 Å². The maximum atomic E-state index is 13.7. The lowest BCUT2D eigenvalue weighted by Crippen LogP contribution is -2.35. The van der Waals surface area contributed by atoms with Crippen LogP contribution in [0.4, 0.5) is 4.39 Å². The molecule has 1 N–H and O–H groups in total. The molecular weight excluding hydrogens is 265 g/mol. The molecule has 0 spiro atoms. The summed E-state index contributed by atoms with van der Waals surface area (Å²) in [5.74, 6) is 0.288. The van der Waals surface area contributed by atoms with Gasteiger partial charge in [-0.1, -0.05) is 30.3 Å². The smallest absolute Gasteiger partial charge is 0.127 e. The van der Waals surface area contributed by atoms with E-state index in [1.165, 1.54) is 12.1 Å². The normalized spacial score (nSPS) is 11.4. The zero-order chi connectivity index (χ0) is 15.3. The van der Waals surface area contributed by atoms with E-state index >= 15 is 0 Å². The highest BCUT2D eigenvalue weighted by Crippen LogP contribution is 2.18. The topological polar surface area (TPSA) is 21.3 Å². The fourth-order valence-corrected chi connectivity index (χ4v) is 1.91. The van der Waals surface area contributed by atoms with E-state index in [0.29, 0.717) is 18.9 Å². The maximum Gasteiger partial charge on any atom is 0.127 e. The van der Waals surface area contributed by atoms with E-state index in [0.717, 1.165) is 11.1 Å². The standard InChI is InChI=1S/C18H22FNO/c1-18(2,3)20-12-15-9-16(19)11-17(10-15)21-13-14-7-5-4-6-8-14/h4-11,20H,12-13H2,1-3H3. The van der Waals surface area contributed by atoms with E-state index in [1.54, 1.807) is 0 Å². The molecule has 0 amide bonds. The first-order valence-electron chi connectivity index (χ1n) is 7.14. The van der Waals surface area contributed by atoms with Crippen LogP contribution in [0.5, 0.6) is 5.75 Å². The molecule has 2 aromatic carbocycles. The second-order valence-electron chi connectivity index (χ2n) is 6.17. The minimum atomic E-state index is -0.272. The molecule has 21 heavy (non-hydrogen) atoms. The Morgan fingerprint density at radius 3 is 2.38 bits per heavy atom. The number of hydrogen-bond donors (Lipinski definition) is 1. The van der Waals surface area contributed by atoms with E-state index in [-0.39, 0.29) is 11.4 Å². The molecule has 0 radical (unpaired) electrons. The zero-order valence-corrected chi connectivity index (χ0v) is 12.8. The lowest BCUT2D eigenvalue weighted by Gasteiger charge is -2.20. The summed E-state index contributed by atoms with van der Waals surface area (Å²) in [4.78, 5) is 0. The Morgan fingerprint density at radius 2 is 1.71 bits per heavy atom. The number of hydrogen-bond acceptors (Lipinski definition) is 2. The molecule has 0 atom stereocenters. The second-order valence-corrected chi connectivity index (χ2v) is 6.17. The van der Waals surface area contributed by atoms with Crippen LogP contribution in [0.2, 0.25) is 0 Å². The third-order valence-electron chi connectivity index (χ3n) is 3.00. The van der Waals surface area contributed by atoms with Gasteiger partial charge in [-0.15, -0.1) is 0 Å². The molecule has 0 aliphatic carbocycles. The molecular formula is C18H22FNO. The van der Waals surface area contributed by atoms with Crippen molar-refractivity contribution in [1.29, 1.82) is 0 Å². The summed E-state index contributed by atoms with van der Waals surface area (Å²) in [6.45, 7) is 7.30. The number of halogens is 1. The molecule has 3 heteroatoms. The largest absolute Gasteiger partial charge is 0.489 e. The Balaban J connectivity index is 2.01. The van der Waals surface area contributed by atoms with Gasteiger partial charge in [0.2, 0.25) is 0 Å². The maximum absolute atomic E-state index is 13.7. The number of benzene rings is 2. The summed E-state index contributed by atoms with van der Waals surface area (Å²) in [6.07, 6.45) is 0. The summed E-state index contributed by atoms with van der Waals surface area (Å²) >= 11 is 0. The predicted octanol–water partition coefficient (Wildman–Crippen LogP) is 4.29. The van der Waals surface area contributed by atoms with Crippen molar-refractivity contribution < 1.29 is 9.13 Å². The van der Waals surface area contributed by atoms with Crippen LogP contribution >= 0.6 is 0 Å². The van der Waals surface area contributed by atoms with Gasteiger partial charge in [-0.05, 0) is 44.0 Å². The fraction of sp³-hybridized carbons (Fsp3) is 0.333. The fourth-order valence-electron chi connectivity index (χ4n) is 1.91. The Bertz CT molecular complexity index is 576. The first-order chi connectivity index (χ1) is 9.92. The molecule has 0 heterocycles. The summed E-state index contributed by atoms with van der Waals surface area (Å²) in [7, 11) is 0. The van der Waals surface area contributed by atoms with Crippen molar-refractivity contribution in [3.63, 3.8) is 0 Å². The van der Waals surface area contributed by atoms with Gasteiger partial charge in [0.1, 0.15) is 18.2 Å². The molecule has 0 aliphatic heterocycles. The van der Waals surface area contributed by atoms with Gasteiger partial charge in [0.15, 0.2) is 0 Å². The predicted molar refractivity (Wildman–Crippen MR) is 83.8 cm³/mol. The van der Waals surface area contributed by atoms with Crippen LogP contribution in [0.15, 0.2) is 48.5 Å². The highest BCUT2D eigenvalue weighted by atomic mass is 19.1. The molecule has 2 aromatic rings. The van der Waals surface area contributed by atoms with Gasteiger partial charge < -0.3 is 10.1 Å². The molecule has 0 saturated heterocycles. The number of rotatable bonds is 5. The summed E-state index contributed by atoms with van der Waals surface area (Å²) in [6, 6.07) is 14.7. The molecule has 0 saturated carbocycles. The van der Waals surface area contributed by atoms with Crippen LogP contribution in [0.1, 0.15) is 31.9 Å². The minimum absolute atomic E-state index is 0.00260. The first kappa shape index (κ1) is 15.5. The van der Waals surface area contributed by atoms with Crippen molar-refractivity contribution in [3.8, 4) is 5.75 Å². The first-order valence-corrected chi connectivity index (χ1v) is 7.14. The van der Waals surface area contributed by atoms with Gasteiger partial charge in [-0.3, -0.25) is 0 Å². The Morgan fingerprint density at radius 1 is 1.00 bits per heavy atom. The van der Waals surface area contributed by atoms with Gasteiger partial charge in [-0.25, -0.2) is 4.39 Å². The van der Waals surface area contributed by atoms with Crippen LogP contribution in [0.25, 0.3) is 0 Å². The van der Waals surface area contributed by atoms with Crippen molar-refractivity contribution in [2.75, 3.05) is 0 Å². The molecule has 2 rings (SSSR count). The highest BCUT2D eigenvalue weighted by molar-refractivity contribution is 5.30. The van der Waals surface area contributed by atoms with Gasteiger partial charge >= 0.3 is 0 Å². The second kappa shape index (κ2) is 6.72. The van der Waals surface area contributed by atoms with Gasteiger partial charge in [-0.2, -0.15) is 0 Å². The van der Waals surface area contributed by atoms with E-state index < -0.39 is 0 Å². The summed E-state index contributed by atoms with van der Waals surface area (Å²) in [5.41, 5.74) is 1.95. The van der Waals surface area contributed by atoms with Gasteiger partial charge in [0.05, 0.1) is 0 Å². The molecule has 2 nitrogen and oxygen atoms in total. The van der Waals surface area contributed by atoms with Gasteiger partial charge in [0.25, 0.3) is 0 Å². The van der Waals surface area contributed by atoms with E-state index in [9.17, 15) is 4.39 Å². The molecule has 0 aliphatic rings. The monoisotopic (exact) mass is 287 g/mol. The van der Waals surface area contributed by atoms with Crippen molar-refractivity contribution in [3.05, 3.63) is 65.5 Å². The number of nitrogens with one attached hydrogen (secondary N) is 1. The number of ether oxygens (including phenoxy) is 1. The van der Waals surface area contributed by atoms with Crippen LogP contribution in [0, 0.1) is 5.82 Å². The lowest BCUT2D eigenvalue weighted by molar-refractivity contribution is 0.304. The zero-order valence-electron chi connectivity index (χ0n) is 12.8. The van der Waals surface area contributed by atoms with E-state index in [2.05, 4.69) is 26.1 Å². The lowest BCUT2D eigenvalue weighted by atomic mass is 10.1. The molecule has 0 bridgehead atoms. The Hall–Kier alpha value is -1.87. The minimum Gasteiger partial charge on any atom is -0.489 e. The summed E-state index contributed by atoms with van der Waals surface area (Å²) < 4.78 is 19.3. The molecule has 0 aromatic heterocycles. The van der Waals surface area contributed by atoms with Crippen LogP contribution < -0.4 is 10.1 Å². The van der Waals surface area contributed by atoms with E-state index in [4.69, 9.17) is 4.74 Å². The highest BCUT2D eigenvalue weighted by Gasteiger charge is 2.09. The van der Waals surface area contributed by atoms with Crippen molar-refractivity contribution in [2.45, 2.75) is 39.5 Å². The molecule has 112 valence electrons. The van der Waals surface area contributed by atoms with E-state index in [1.807, 2.05) is 36.4 Å². The average Bonchev–Trinajstić information content (AvgIpc) is 2.43. The van der Waals surface area contributed by atoms with Crippen LogP contribution in [-0.2, 0) is 13.2 Å². The SMILES string of the molecule is CC(C)(C)NCc1cc(F)cc(OCc2ccccc2)c1. The Kier molecular flexibility index (Phi) is 4.97. The third kappa shape index (κ3) is 5.56. The summed E-state index contributed by atoms with van der Waals surface area (Å²) in [5, 5.41) is 3.34. The van der Waals surface area contributed by atoms with Crippen molar-refractivity contribution in [1.82, 2.24) is 5.32 Å². The quantitative estimate of drug-likeness (QED) is 0.885.